The molecule has 4 rings (SSSR count). The Balaban J connectivity index is 1.68. The van der Waals surface area contributed by atoms with Crippen LogP contribution >= 0.6 is 0 Å². The van der Waals surface area contributed by atoms with Crippen LogP contribution in [0.5, 0.6) is 0 Å². The molecule has 0 radical (unpaired) electrons. The summed E-state index contributed by atoms with van der Waals surface area (Å²) in [5, 5.41) is 6.13. The van der Waals surface area contributed by atoms with E-state index in [1.54, 1.807) is 12.3 Å². The first-order valence-corrected chi connectivity index (χ1v) is 11.2. The predicted octanol–water partition coefficient (Wildman–Crippen LogP) is 6.23. The molecule has 1 aromatic heterocycles. The second-order valence-electron chi connectivity index (χ2n) is 8.20. The molecule has 2 amide bonds. The molecule has 0 saturated heterocycles. The molecular weight excluding hydrogens is 443 g/mol. The van der Waals surface area contributed by atoms with E-state index in [2.05, 4.69) is 20.6 Å². The van der Waals surface area contributed by atoms with E-state index in [0.29, 0.717) is 23.1 Å². The van der Waals surface area contributed by atoms with E-state index >= 15 is 0 Å². The van der Waals surface area contributed by atoms with E-state index in [9.17, 15) is 9.18 Å². The van der Waals surface area contributed by atoms with E-state index in [-0.39, 0.29) is 11.9 Å². The third kappa shape index (κ3) is 5.92. The van der Waals surface area contributed by atoms with E-state index in [4.69, 9.17) is 0 Å². The molecule has 7 nitrogen and oxygen atoms in total. The SMILES string of the molecule is CC(Nc1nccc(N(C(=O)Nc2ccc(F)cc2)c2cccc(N(C)C)c2)n1)c1ccccc1. The van der Waals surface area contributed by atoms with Gasteiger partial charge in [0.05, 0.1) is 11.7 Å². The number of hydrogen-bond acceptors (Lipinski definition) is 5. The topological polar surface area (TPSA) is 73.4 Å². The van der Waals surface area contributed by atoms with E-state index in [1.807, 2.05) is 80.5 Å². The number of aromatic nitrogens is 2. The number of amides is 2. The zero-order valence-electron chi connectivity index (χ0n) is 19.8. The Hall–Kier alpha value is -4.46. The van der Waals surface area contributed by atoms with Crippen molar-refractivity contribution < 1.29 is 9.18 Å². The highest BCUT2D eigenvalue weighted by molar-refractivity contribution is 6.06. The number of nitrogens with one attached hydrogen (secondary N) is 2. The smallest absolute Gasteiger partial charge is 0.332 e. The third-order valence-electron chi connectivity index (χ3n) is 5.42. The first-order chi connectivity index (χ1) is 16.9. The van der Waals surface area contributed by atoms with Crippen molar-refractivity contribution in [3.05, 3.63) is 103 Å². The van der Waals surface area contributed by atoms with Crippen LogP contribution in [0.3, 0.4) is 0 Å². The number of urea groups is 1. The highest BCUT2D eigenvalue weighted by atomic mass is 19.1. The molecule has 4 aromatic rings. The van der Waals surface area contributed by atoms with Crippen LogP contribution in [-0.4, -0.2) is 30.1 Å². The fraction of sp³-hybridized carbons (Fsp3) is 0.148. The Labute approximate surface area is 204 Å². The Kier molecular flexibility index (Phi) is 7.21. The predicted molar refractivity (Wildman–Crippen MR) is 139 cm³/mol. The van der Waals surface area contributed by atoms with Crippen molar-refractivity contribution in [2.45, 2.75) is 13.0 Å². The molecule has 3 aromatic carbocycles. The van der Waals surface area contributed by atoms with Crippen LogP contribution in [0.1, 0.15) is 18.5 Å². The van der Waals surface area contributed by atoms with Crippen molar-refractivity contribution in [3.63, 3.8) is 0 Å². The normalized spacial score (nSPS) is 11.4. The number of anilines is 5. The Morgan fingerprint density at radius 2 is 1.63 bits per heavy atom. The van der Waals surface area contributed by atoms with Crippen molar-refractivity contribution in [2.75, 3.05) is 34.5 Å². The summed E-state index contributed by atoms with van der Waals surface area (Å²) in [4.78, 5) is 25.9. The molecule has 2 N–H and O–H groups in total. The van der Waals surface area contributed by atoms with Crippen molar-refractivity contribution in [1.82, 2.24) is 9.97 Å². The van der Waals surface area contributed by atoms with Crippen molar-refractivity contribution in [3.8, 4) is 0 Å². The minimum atomic E-state index is -0.437. The summed E-state index contributed by atoms with van der Waals surface area (Å²) in [6.07, 6.45) is 1.61. The number of rotatable bonds is 7. The van der Waals surface area contributed by atoms with Crippen LogP contribution in [0.15, 0.2) is 91.1 Å². The number of carbonyl (C=O) groups excluding carboxylic acids is 1. The molecule has 1 unspecified atom stereocenters. The van der Waals surface area contributed by atoms with Gasteiger partial charge in [0.15, 0.2) is 0 Å². The second-order valence-corrected chi connectivity index (χ2v) is 8.20. The largest absolute Gasteiger partial charge is 0.378 e. The van der Waals surface area contributed by atoms with Gasteiger partial charge in [-0.15, -0.1) is 0 Å². The average molecular weight is 471 g/mol. The van der Waals surface area contributed by atoms with Crippen molar-refractivity contribution in [1.29, 1.82) is 0 Å². The maximum Gasteiger partial charge on any atom is 0.332 e. The maximum atomic E-state index is 13.5. The second kappa shape index (κ2) is 10.6. The van der Waals surface area contributed by atoms with E-state index < -0.39 is 6.03 Å². The summed E-state index contributed by atoms with van der Waals surface area (Å²) < 4.78 is 13.4. The van der Waals surface area contributed by atoms with Gasteiger partial charge in [0.1, 0.15) is 11.6 Å². The van der Waals surface area contributed by atoms with Gasteiger partial charge in [-0.3, -0.25) is 0 Å². The molecule has 0 spiro atoms. The van der Waals surface area contributed by atoms with Crippen LogP contribution in [0, 0.1) is 5.82 Å². The van der Waals surface area contributed by atoms with Crippen LogP contribution in [-0.2, 0) is 0 Å². The maximum absolute atomic E-state index is 13.5. The Morgan fingerprint density at radius 3 is 2.34 bits per heavy atom. The molecule has 0 aliphatic carbocycles. The Bertz CT molecular complexity index is 1280. The zero-order chi connectivity index (χ0) is 24.8. The van der Waals surface area contributed by atoms with Gasteiger partial charge in [0.25, 0.3) is 0 Å². The molecule has 178 valence electrons. The lowest BCUT2D eigenvalue weighted by Crippen LogP contribution is -2.32. The third-order valence-corrected chi connectivity index (χ3v) is 5.42. The summed E-state index contributed by atoms with van der Waals surface area (Å²) in [6.45, 7) is 2.02. The lowest BCUT2D eigenvalue weighted by atomic mass is 10.1. The van der Waals surface area contributed by atoms with Gasteiger partial charge in [0.2, 0.25) is 5.95 Å². The molecular formula is C27H27FN6O. The lowest BCUT2D eigenvalue weighted by molar-refractivity contribution is 0.259. The summed E-state index contributed by atoms with van der Waals surface area (Å²) in [5.41, 5.74) is 3.10. The summed E-state index contributed by atoms with van der Waals surface area (Å²) >= 11 is 0. The molecule has 35 heavy (non-hydrogen) atoms. The molecule has 0 bridgehead atoms. The van der Waals surface area contributed by atoms with Gasteiger partial charge in [-0.2, -0.15) is 4.98 Å². The molecule has 0 fully saturated rings. The van der Waals surface area contributed by atoms with E-state index in [1.165, 1.54) is 29.2 Å². The molecule has 8 heteroatoms. The molecule has 1 heterocycles. The summed E-state index contributed by atoms with van der Waals surface area (Å²) in [5.74, 6) is 0.401. The monoisotopic (exact) mass is 470 g/mol. The quantitative estimate of drug-likeness (QED) is 0.335. The van der Waals surface area contributed by atoms with Gasteiger partial charge < -0.3 is 15.5 Å². The summed E-state index contributed by atoms with van der Waals surface area (Å²) in [7, 11) is 3.86. The average Bonchev–Trinajstić information content (AvgIpc) is 2.86. The van der Waals surface area contributed by atoms with Crippen LogP contribution in [0.25, 0.3) is 0 Å². The summed E-state index contributed by atoms with van der Waals surface area (Å²) in [6, 6.07) is 24.3. The number of hydrogen-bond donors (Lipinski definition) is 2. The van der Waals surface area contributed by atoms with Crippen LogP contribution in [0.2, 0.25) is 0 Å². The number of benzene rings is 3. The molecule has 0 aliphatic heterocycles. The fourth-order valence-electron chi connectivity index (χ4n) is 3.54. The highest BCUT2D eigenvalue weighted by Crippen LogP contribution is 2.29. The van der Waals surface area contributed by atoms with Crippen molar-refractivity contribution >= 4 is 34.9 Å². The van der Waals surface area contributed by atoms with Gasteiger partial charge in [-0.1, -0.05) is 36.4 Å². The molecule has 0 aliphatic rings. The van der Waals surface area contributed by atoms with Gasteiger partial charge in [-0.05, 0) is 55.0 Å². The molecule has 1 atom stereocenters. The standard InChI is InChI=1S/C27H27FN6O/c1-19(20-8-5-4-6-9-20)30-26-29-17-16-25(32-26)34(24-11-7-10-23(18-24)33(2)3)27(35)31-22-14-12-21(28)13-15-22/h4-19H,1-3H3,(H,31,35)(H,29,30,32). The van der Waals surface area contributed by atoms with Crippen LogP contribution < -0.4 is 20.4 Å². The van der Waals surface area contributed by atoms with Gasteiger partial charge >= 0.3 is 6.03 Å². The Morgan fingerprint density at radius 1 is 0.914 bits per heavy atom. The fourth-order valence-corrected chi connectivity index (χ4v) is 3.54. The van der Waals surface area contributed by atoms with Crippen LogP contribution in [0.4, 0.5) is 38.0 Å². The van der Waals surface area contributed by atoms with E-state index in [0.717, 1.165) is 11.3 Å². The van der Waals surface area contributed by atoms with Gasteiger partial charge in [0, 0.05) is 37.7 Å². The zero-order valence-corrected chi connectivity index (χ0v) is 19.8. The van der Waals surface area contributed by atoms with Crippen molar-refractivity contribution in [2.24, 2.45) is 0 Å². The number of halogens is 1. The number of nitrogens with zero attached hydrogens (tertiary/aromatic N) is 4. The van der Waals surface area contributed by atoms with Gasteiger partial charge in [-0.25, -0.2) is 19.1 Å². The lowest BCUT2D eigenvalue weighted by Gasteiger charge is -2.24. The minimum absolute atomic E-state index is 0.0370. The first-order valence-electron chi connectivity index (χ1n) is 11.2. The first kappa shape index (κ1) is 23.7. The highest BCUT2D eigenvalue weighted by Gasteiger charge is 2.21. The molecule has 0 saturated carbocycles. The number of carbonyl (C=O) groups is 1. The minimum Gasteiger partial charge on any atom is -0.378 e.